The molecule has 1 aliphatic rings. The minimum absolute atomic E-state index is 0.0205. The second kappa shape index (κ2) is 7.05. The molecule has 1 amide bonds. The lowest BCUT2D eigenvalue weighted by Gasteiger charge is -2.23. The topological polar surface area (TPSA) is 49.8 Å². The Kier molecular flexibility index (Phi) is 4.86. The number of aryl methyl sites for hydroxylation is 1. The third-order valence-corrected chi connectivity index (χ3v) is 4.61. The number of carbonyl (C=O) groups excluding carboxylic acids is 1. The Morgan fingerprint density at radius 1 is 1.25 bits per heavy atom. The van der Waals surface area contributed by atoms with Gasteiger partial charge in [-0.1, -0.05) is 35.9 Å². The maximum Gasteiger partial charge on any atom is 0.223 e. The molecule has 0 saturated carbocycles. The van der Waals surface area contributed by atoms with Gasteiger partial charge in [0.1, 0.15) is 5.75 Å². The zero-order chi connectivity index (χ0) is 17.1. The summed E-state index contributed by atoms with van der Waals surface area (Å²) in [6, 6.07) is 14.2. The third-order valence-electron chi connectivity index (χ3n) is 4.61. The van der Waals surface area contributed by atoms with Gasteiger partial charge in [0.2, 0.25) is 5.91 Å². The van der Waals surface area contributed by atoms with E-state index >= 15 is 0 Å². The number of rotatable bonds is 5. The van der Waals surface area contributed by atoms with Crippen molar-refractivity contribution in [2.24, 2.45) is 0 Å². The van der Waals surface area contributed by atoms with Gasteiger partial charge in [0.25, 0.3) is 0 Å². The molecule has 3 rings (SSSR count). The molecule has 1 fully saturated rings. The normalized spacial score (nSPS) is 17.4. The molecule has 0 unspecified atom stereocenters. The highest BCUT2D eigenvalue weighted by molar-refractivity contribution is 5.79. The largest absolute Gasteiger partial charge is 0.496 e. The number of amides is 1. The molecular weight excluding hydrogens is 302 g/mol. The smallest absolute Gasteiger partial charge is 0.223 e. The number of likely N-dealkylation sites (tertiary alicyclic amines) is 1. The summed E-state index contributed by atoms with van der Waals surface area (Å²) in [7, 11) is 1.67. The third kappa shape index (κ3) is 3.29. The van der Waals surface area contributed by atoms with Crippen molar-refractivity contribution in [3.05, 3.63) is 53.6 Å². The maximum atomic E-state index is 12.1. The van der Waals surface area contributed by atoms with Crippen LogP contribution in [0.1, 0.15) is 24.0 Å². The van der Waals surface area contributed by atoms with Gasteiger partial charge in [-0.25, -0.2) is 0 Å². The van der Waals surface area contributed by atoms with E-state index in [1.807, 2.05) is 18.2 Å². The van der Waals surface area contributed by atoms with E-state index in [9.17, 15) is 9.90 Å². The lowest BCUT2D eigenvalue weighted by Crippen LogP contribution is -2.34. The van der Waals surface area contributed by atoms with Crippen LogP contribution < -0.4 is 4.74 Å². The highest BCUT2D eigenvalue weighted by Crippen LogP contribution is 2.32. The van der Waals surface area contributed by atoms with Gasteiger partial charge in [-0.3, -0.25) is 4.79 Å². The summed E-state index contributed by atoms with van der Waals surface area (Å²) < 4.78 is 5.51. The van der Waals surface area contributed by atoms with E-state index in [4.69, 9.17) is 4.74 Å². The molecule has 0 spiro atoms. The molecule has 2 aromatic carbocycles. The van der Waals surface area contributed by atoms with Gasteiger partial charge in [0, 0.05) is 18.5 Å². The van der Waals surface area contributed by atoms with Crippen LogP contribution in [0.3, 0.4) is 0 Å². The summed E-state index contributed by atoms with van der Waals surface area (Å²) in [5.74, 6) is 0.929. The van der Waals surface area contributed by atoms with Crippen LogP contribution in [-0.4, -0.2) is 35.7 Å². The fourth-order valence-corrected chi connectivity index (χ4v) is 3.29. The molecule has 1 aliphatic heterocycles. The fourth-order valence-electron chi connectivity index (χ4n) is 3.29. The second-order valence-corrected chi connectivity index (χ2v) is 6.30. The predicted molar refractivity (Wildman–Crippen MR) is 93.8 cm³/mol. The monoisotopic (exact) mass is 325 g/mol. The molecule has 0 radical (unpaired) electrons. The lowest BCUT2D eigenvalue weighted by molar-refractivity contribution is -0.130. The predicted octanol–water partition coefficient (Wildman–Crippen LogP) is 3.15. The number of methoxy groups -OCH3 is 1. The Bertz CT molecular complexity index is 741. The summed E-state index contributed by atoms with van der Waals surface area (Å²) >= 11 is 0. The van der Waals surface area contributed by atoms with Crippen molar-refractivity contribution in [2.45, 2.75) is 32.4 Å². The van der Waals surface area contributed by atoms with Crippen LogP contribution >= 0.6 is 0 Å². The standard InChI is InChI=1S/C20H23NO3/c1-14-4-3-5-16(10-14)18-11-15(6-8-19(18)24-2)12-21-17(13-22)7-9-20(21)23/h3-6,8,10-11,17,22H,7,9,12-13H2,1-2H3/t17-/m0/s1. The van der Waals surface area contributed by atoms with Crippen molar-refractivity contribution in [1.29, 1.82) is 0 Å². The van der Waals surface area contributed by atoms with Gasteiger partial charge < -0.3 is 14.7 Å². The Morgan fingerprint density at radius 3 is 2.79 bits per heavy atom. The molecule has 24 heavy (non-hydrogen) atoms. The van der Waals surface area contributed by atoms with Crippen LogP contribution in [0, 0.1) is 6.92 Å². The molecule has 0 bridgehead atoms. The molecule has 1 heterocycles. The Morgan fingerprint density at radius 2 is 2.08 bits per heavy atom. The molecule has 4 nitrogen and oxygen atoms in total. The van der Waals surface area contributed by atoms with E-state index in [-0.39, 0.29) is 18.6 Å². The SMILES string of the molecule is COc1ccc(CN2C(=O)CC[C@H]2CO)cc1-c1cccc(C)c1. The number of benzene rings is 2. The Balaban J connectivity index is 1.93. The minimum Gasteiger partial charge on any atom is -0.496 e. The summed E-state index contributed by atoms with van der Waals surface area (Å²) in [5.41, 5.74) is 4.35. The van der Waals surface area contributed by atoms with E-state index in [1.54, 1.807) is 12.0 Å². The number of aliphatic hydroxyl groups excluding tert-OH is 1. The van der Waals surface area contributed by atoms with Gasteiger partial charge >= 0.3 is 0 Å². The van der Waals surface area contributed by atoms with Gasteiger partial charge in [0.15, 0.2) is 0 Å². The van der Waals surface area contributed by atoms with Crippen LogP contribution in [0.2, 0.25) is 0 Å². The van der Waals surface area contributed by atoms with Crippen LogP contribution in [0.4, 0.5) is 0 Å². The summed E-state index contributed by atoms with van der Waals surface area (Å²) in [5, 5.41) is 9.46. The summed E-state index contributed by atoms with van der Waals surface area (Å²) in [4.78, 5) is 13.8. The lowest BCUT2D eigenvalue weighted by atomic mass is 10.00. The van der Waals surface area contributed by atoms with Gasteiger partial charge in [-0.15, -0.1) is 0 Å². The first kappa shape index (κ1) is 16.5. The van der Waals surface area contributed by atoms with Crippen LogP contribution in [0.15, 0.2) is 42.5 Å². The second-order valence-electron chi connectivity index (χ2n) is 6.30. The van der Waals surface area contributed by atoms with Crippen LogP contribution in [0.25, 0.3) is 11.1 Å². The van der Waals surface area contributed by atoms with E-state index in [2.05, 4.69) is 31.2 Å². The number of hydrogen-bond acceptors (Lipinski definition) is 3. The van der Waals surface area contributed by atoms with E-state index in [0.717, 1.165) is 28.9 Å². The van der Waals surface area contributed by atoms with Crippen LogP contribution in [-0.2, 0) is 11.3 Å². The van der Waals surface area contributed by atoms with E-state index in [1.165, 1.54) is 5.56 Å². The first-order valence-electron chi connectivity index (χ1n) is 8.26. The molecule has 1 atom stereocenters. The van der Waals surface area contributed by atoms with Crippen molar-refractivity contribution in [1.82, 2.24) is 4.90 Å². The average molecular weight is 325 g/mol. The molecular formula is C20H23NO3. The Hall–Kier alpha value is -2.33. The molecule has 4 heteroatoms. The van der Waals surface area contributed by atoms with Crippen LogP contribution in [0.5, 0.6) is 5.75 Å². The number of nitrogens with zero attached hydrogens (tertiary/aromatic N) is 1. The zero-order valence-electron chi connectivity index (χ0n) is 14.2. The molecule has 1 N–H and O–H groups in total. The van der Waals surface area contributed by atoms with Crippen molar-refractivity contribution < 1.29 is 14.6 Å². The van der Waals surface area contributed by atoms with Crippen molar-refractivity contribution in [3.63, 3.8) is 0 Å². The quantitative estimate of drug-likeness (QED) is 0.919. The highest BCUT2D eigenvalue weighted by Gasteiger charge is 2.30. The number of hydrogen-bond donors (Lipinski definition) is 1. The molecule has 0 aliphatic carbocycles. The first-order valence-corrected chi connectivity index (χ1v) is 8.26. The Labute approximate surface area is 142 Å². The van der Waals surface area contributed by atoms with Crippen molar-refractivity contribution >= 4 is 5.91 Å². The van der Waals surface area contributed by atoms with Gasteiger partial charge in [-0.2, -0.15) is 0 Å². The first-order chi connectivity index (χ1) is 11.6. The van der Waals surface area contributed by atoms with Gasteiger partial charge in [0.05, 0.1) is 19.8 Å². The fraction of sp³-hybridized carbons (Fsp3) is 0.350. The summed E-state index contributed by atoms with van der Waals surface area (Å²) in [6.45, 7) is 2.61. The number of ether oxygens (including phenoxy) is 1. The number of carbonyl (C=O) groups is 1. The maximum absolute atomic E-state index is 12.1. The summed E-state index contributed by atoms with van der Waals surface area (Å²) in [6.07, 6.45) is 1.25. The van der Waals surface area contributed by atoms with Gasteiger partial charge in [-0.05, 0) is 36.6 Å². The molecule has 126 valence electrons. The molecule has 2 aromatic rings. The molecule has 0 aromatic heterocycles. The highest BCUT2D eigenvalue weighted by atomic mass is 16.5. The average Bonchev–Trinajstić information content (AvgIpc) is 2.95. The van der Waals surface area contributed by atoms with Crippen molar-refractivity contribution in [3.8, 4) is 16.9 Å². The minimum atomic E-state index is -0.0676. The van der Waals surface area contributed by atoms with E-state index < -0.39 is 0 Å². The van der Waals surface area contributed by atoms with E-state index in [0.29, 0.717) is 13.0 Å². The molecule has 1 saturated heterocycles. The van der Waals surface area contributed by atoms with Crippen molar-refractivity contribution in [2.75, 3.05) is 13.7 Å². The number of aliphatic hydroxyl groups is 1. The zero-order valence-corrected chi connectivity index (χ0v) is 14.2.